The number of nitrogens with one attached hydrogen (secondary N) is 1. The van der Waals surface area contributed by atoms with Gasteiger partial charge in [-0.05, 0) is 51.2 Å². The van der Waals surface area contributed by atoms with Crippen LogP contribution in [0.3, 0.4) is 0 Å². The molecule has 1 saturated heterocycles. The van der Waals surface area contributed by atoms with Crippen LogP contribution in [0.5, 0.6) is 0 Å². The van der Waals surface area contributed by atoms with Crippen LogP contribution in [-0.2, 0) is 0 Å². The molecule has 0 aliphatic carbocycles. The van der Waals surface area contributed by atoms with Crippen LogP contribution in [0.1, 0.15) is 52.9 Å². The van der Waals surface area contributed by atoms with Crippen molar-refractivity contribution in [3.05, 3.63) is 0 Å². The molecular weight excluding hydrogens is 224 g/mol. The monoisotopic (exact) mass is 256 g/mol. The van der Waals surface area contributed by atoms with Crippen LogP contribution < -0.4 is 5.32 Å². The van der Waals surface area contributed by atoms with Crippen molar-refractivity contribution in [1.82, 2.24) is 10.2 Å². The number of hydrogen-bond donors (Lipinski definition) is 2. The standard InChI is InChI=1S/C15H32N2O/c1-15(2,3)11-14(18)12-16-9-8-13-7-5-6-10-17(13)4/h13-14,16,18H,5-12H2,1-4H3. The highest BCUT2D eigenvalue weighted by Gasteiger charge is 2.19. The first-order chi connectivity index (χ1) is 8.38. The summed E-state index contributed by atoms with van der Waals surface area (Å²) >= 11 is 0. The van der Waals surface area contributed by atoms with Gasteiger partial charge in [-0.15, -0.1) is 0 Å². The van der Waals surface area contributed by atoms with Gasteiger partial charge in [0.2, 0.25) is 0 Å². The third-order valence-corrected chi connectivity index (χ3v) is 3.80. The van der Waals surface area contributed by atoms with Gasteiger partial charge >= 0.3 is 0 Å². The molecule has 0 bridgehead atoms. The second-order valence-corrected chi connectivity index (χ2v) is 7.04. The van der Waals surface area contributed by atoms with Crippen molar-refractivity contribution in [3.8, 4) is 0 Å². The van der Waals surface area contributed by atoms with Gasteiger partial charge < -0.3 is 15.3 Å². The number of hydrogen-bond acceptors (Lipinski definition) is 3. The molecule has 1 aliphatic heterocycles. The van der Waals surface area contributed by atoms with Crippen molar-refractivity contribution >= 4 is 0 Å². The lowest BCUT2D eigenvalue weighted by atomic mass is 9.89. The van der Waals surface area contributed by atoms with Gasteiger partial charge in [-0.3, -0.25) is 0 Å². The van der Waals surface area contributed by atoms with E-state index in [1.54, 1.807) is 0 Å². The lowest BCUT2D eigenvalue weighted by Gasteiger charge is -2.32. The van der Waals surface area contributed by atoms with Gasteiger partial charge in [0.15, 0.2) is 0 Å². The first-order valence-corrected chi connectivity index (χ1v) is 7.47. The molecule has 0 aromatic heterocycles. The van der Waals surface area contributed by atoms with E-state index < -0.39 is 0 Å². The number of rotatable bonds is 6. The van der Waals surface area contributed by atoms with Crippen LogP contribution in [-0.4, -0.2) is 48.8 Å². The number of likely N-dealkylation sites (tertiary alicyclic amines) is 1. The third-order valence-electron chi connectivity index (χ3n) is 3.80. The summed E-state index contributed by atoms with van der Waals surface area (Å²) in [5.41, 5.74) is 0.213. The largest absolute Gasteiger partial charge is 0.392 e. The highest BCUT2D eigenvalue weighted by atomic mass is 16.3. The van der Waals surface area contributed by atoms with Crippen LogP contribution in [0.2, 0.25) is 0 Å². The Morgan fingerprint density at radius 1 is 1.33 bits per heavy atom. The molecule has 3 nitrogen and oxygen atoms in total. The zero-order valence-corrected chi connectivity index (χ0v) is 12.7. The molecule has 18 heavy (non-hydrogen) atoms. The molecule has 2 atom stereocenters. The maximum atomic E-state index is 9.90. The average Bonchev–Trinajstić information content (AvgIpc) is 2.24. The summed E-state index contributed by atoms with van der Waals surface area (Å²) in [6.07, 6.45) is 5.92. The van der Waals surface area contributed by atoms with Gasteiger partial charge in [0.1, 0.15) is 0 Å². The lowest BCUT2D eigenvalue weighted by molar-refractivity contribution is 0.117. The number of aliphatic hydroxyl groups excluding tert-OH is 1. The number of nitrogens with zero attached hydrogens (tertiary/aromatic N) is 1. The number of piperidine rings is 1. The minimum atomic E-state index is -0.214. The second kappa shape index (κ2) is 7.46. The van der Waals surface area contributed by atoms with Crippen LogP contribution in [0, 0.1) is 5.41 Å². The Kier molecular flexibility index (Phi) is 6.61. The molecule has 0 saturated carbocycles. The first kappa shape index (κ1) is 15.9. The van der Waals surface area contributed by atoms with E-state index in [2.05, 4.69) is 38.0 Å². The van der Waals surface area contributed by atoms with E-state index in [1.165, 1.54) is 32.2 Å². The topological polar surface area (TPSA) is 35.5 Å². The fourth-order valence-electron chi connectivity index (χ4n) is 2.83. The van der Waals surface area contributed by atoms with E-state index in [0.29, 0.717) is 0 Å². The molecule has 1 heterocycles. The average molecular weight is 256 g/mol. The quantitative estimate of drug-likeness (QED) is 0.716. The minimum absolute atomic E-state index is 0.213. The van der Waals surface area contributed by atoms with Gasteiger partial charge in [-0.25, -0.2) is 0 Å². The normalized spacial score (nSPS) is 24.2. The summed E-state index contributed by atoms with van der Waals surface area (Å²) < 4.78 is 0. The third kappa shape index (κ3) is 6.72. The Labute approximate surface area is 113 Å². The molecule has 1 aliphatic rings. The number of aliphatic hydroxyl groups is 1. The fourth-order valence-corrected chi connectivity index (χ4v) is 2.83. The molecule has 1 rings (SSSR count). The van der Waals surface area contributed by atoms with E-state index >= 15 is 0 Å². The van der Waals surface area contributed by atoms with Crippen LogP contribution in [0.4, 0.5) is 0 Å². The van der Waals surface area contributed by atoms with Crippen molar-refractivity contribution in [2.45, 2.75) is 65.0 Å². The van der Waals surface area contributed by atoms with Gasteiger partial charge in [0, 0.05) is 12.6 Å². The maximum Gasteiger partial charge on any atom is 0.0669 e. The van der Waals surface area contributed by atoms with Gasteiger partial charge in [0.25, 0.3) is 0 Å². The highest BCUT2D eigenvalue weighted by molar-refractivity contribution is 4.75. The van der Waals surface area contributed by atoms with E-state index in [1.807, 2.05) is 0 Å². The SMILES string of the molecule is CN1CCCCC1CCNCC(O)CC(C)(C)C. The summed E-state index contributed by atoms with van der Waals surface area (Å²) in [5, 5.41) is 13.3. The molecular formula is C15H32N2O. The summed E-state index contributed by atoms with van der Waals surface area (Å²) in [5.74, 6) is 0. The summed E-state index contributed by atoms with van der Waals surface area (Å²) in [7, 11) is 2.23. The molecule has 0 amide bonds. The Morgan fingerprint density at radius 2 is 2.06 bits per heavy atom. The second-order valence-electron chi connectivity index (χ2n) is 7.04. The first-order valence-electron chi connectivity index (χ1n) is 7.47. The van der Waals surface area contributed by atoms with Gasteiger partial charge in [0.05, 0.1) is 6.10 Å². The van der Waals surface area contributed by atoms with Crippen molar-refractivity contribution in [1.29, 1.82) is 0 Å². The Balaban J connectivity index is 2.07. The van der Waals surface area contributed by atoms with Crippen LogP contribution in [0.15, 0.2) is 0 Å². The van der Waals surface area contributed by atoms with Gasteiger partial charge in [-0.2, -0.15) is 0 Å². The zero-order chi connectivity index (χ0) is 13.6. The zero-order valence-electron chi connectivity index (χ0n) is 12.7. The van der Waals surface area contributed by atoms with Crippen molar-refractivity contribution in [3.63, 3.8) is 0 Å². The summed E-state index contributed by atoms with van der Waals surface area (Å²) in [6.45, 7) is 9.52. The molecule has 0 spiro atoms. The van der Waals surface area contributed by atoms with E-state index in [-0.39, 0.29) is 11.5 Å². The molecule has 0 aromatic carbocycles. The summed E-state index contributed by atoms with van der Waals surface area (Å²) in [4.78, 5) is 2.48. The van der Waals surface area contributed by atoms with Crippen molar-refractivity contribution < 1.29 is 5.11 Å². The molecule has 0 radical (unpaired) electrons. The Bertz CT molecular complexity index is 225. The summed E-state index contributed by atoms with van der Waals surface area (Å²) in [6, 6.07) is 0.742. The molecule has 3 heteroatoms. The lowest BCUT2D eigenvalue weighted by Crippen LogP contribution is -2.39. The van der Waals surface area contributed by atoms with Crippen LogP contribution >= 0.6 is 0 Å². The van der Waals surface area contributed by atoms with Crippen molar-refractivity contribution in [2.75, 3.05) is 26.7 Å². The fraction of sp³-hybridized carbons (Fsp3) is 1.00. The predicted octanol–water partition coefficient (Wildman–Crippen LogP) is 2.25. The minimum Gasteiger partial charge on any atom is -0.392 e. The van der Waals surface area contributed by atoms with E-state index in [9.17, 15) is 5.11 Å². The van der Waals surface area contributed by atoms with E-state index in [4.69, 9.17) is 0 Å². The maximum absolute atomic E-state index is 9.90. The predicted molar refractivity (Wildman–Crippen MR) is 77.8 cm³/mol. The molecule has 1 fully saturated rings. The van der Waals surface area contributed by atoms with Crippen LogP contribution in [0.25, 0.3) is 0 Å². The molecule has 108 valence electrons. The van der Waals surface area contributed by atoms with Gasteiger partial charge in [-0.1, -0.05) is 27.2 Å². The van der Waals surface area contributed by atoms with Crippen molar-refractivity contribution in [2.24, 2.45) is 5.41 Å². The molecule has 2 N–H and O–H groups in total. The Morgan fingerprint density at radius 3 is 2.67 bits per heavy atom. The highest BCUT2D eigenvalue weighted by Crippen LogP contribution is 2.20. The Hall–Kier alpha value is -0.120. The van der Waals surface area contributed by atoms with E-state index in [0.717, 1.165) is 25.6 Å². The molecule has 0 aromatic rings. The molecule has 2 unspecified atom stereocenters. The smallest absolute Gasteiger partial charge is 0.0669 e.